The van der Waals surface area contributed by atoms with E-state index in [2.05, 4.69) is 4.98 Å². The Morgan fingerprint density at radius 1 is 1.08 bits per heavy atom. The molecule has 0 saturated heterocycles. The Morgan fingerprint density at radius 3 is 2.46 bits per heavy atom. The van der Waals surface area contributed by atoms with Gasteiger partial charge in [0, 0.05) is 11.5 Å². The molecule has 24 heavy (non-hydrogen) atoms. The smallest absolute Gasteiger partial charge is 0.340 e. The average molecular weight is 342 g/mol. The van der Waals surface area contributed by atoms with Gasteiger partial charge in [0.05, 0.1) is 11.1 Å². The predicted molar refractivity (Wildman–Crippen MR) is 85.4 cm³/mol. The Morgan fingerprint density at radius 2 is 1.79 bits per heavy atom. The van der Waals surface area contributed by atoms with E-state index in [1.54, 1.807) is 18.2 Å². The van der Waals surface area contributed by atoms with Gasteiger partial charge in [-0.2, -0.15) is 13.7 Å². The van der Waals surface area contributed by atoms with E-state index < -0.39 is 15.9 Å². The molecule has 0 amide bonds. The molecule has 0 saturated carbocycles. The molecule has 0 aliphatic heterocycles. The largest absolute Gasteiger partial charge is 0.358 e. The van der Waals surface area contributed by atoms with E-state index in [4.69, 9.17) is 9.44 Å². The number of hydrogen-bond acceptors (Lipinski definition) is 5. The molecule has 0 N–H and O–H groups in total. The standard InChI is InChI=1S/C17H11FN2O3S/c1-11-2-4-12(5-3-11)24(21,22)23-17-9-6-13-14(10-19)15(18)7-8-16(13)20-17/h2-9H,1H3. The minimum Gasteiger partial charge on any atom is -0.358 e. The van der Waals surface area contributed by atoms with Crippen molar-refractivity contribution in [1.29, 1.82) is 5.26 Å². The van der Waals surface area contributed by atoms with Gasteiger partial charge in [-0.25, -0.2) is 9.37 Å². The molecule has 0 aliphatic rings. The van der Waals surface area contributed by atoms with Crippen LogP contribution in [0.3, 0.4) is 0 Å². The van der Waals surface area contributed by atoms with E-state index in [9.17, 15) is 12.8 Å². The lowest BCUT2D eigenvalue weighted by Crippen LogP contribution is -2.10. The zero-order valence-electron chi connectivity index (χ0n) is 12.5. The van der Waals surface area contributed by atoms with E-state index in [0.29, 0.717) is 0 Å². The van der Waals surface area contributed by atoms with E-state index in [-0.39, 0.29) is 27.2 Å². The zero-order valence-corrected chi connectivity index (χ0v) is 13.3. The molecular formula is C17H11FN2O3S. The summed E-state index contributed by atoms with van der Waals surface area (Å²) in [6.07, 6.45) is 0. The SMILES string of the molecule is Cc1ccc(S(=O)(=O)Oc2ccc3c(C#N)c(F)ccc3n2)cc1. The third-order valence-electron chi connectivity index (χ3n) is 3.41. The number of aryl methyl sites for hydroxylation is 1. The second-order valence-corrected chi connectivity index (χ2v) is 6.65. The van der Waals surface area contributed by atoms with Crippen LogP contribution in [0, 0.1) is 24.1 Å². The summed E-state index contributed by atoms with van der Waals surface area (Å²) in [6.45, 7) is 1.84. The highest BCUT2D eigenvalue weighted by atomic mass is 32.2. The number of halogens is 1. The van der Waals surface area contributed by atoms with Gasteiger partial charge in [0.1, 0.15) is 16.8 Å². The van der Waals surface area contributed by atoms with Crippen LogP contribution < -0.4 is 4.18 Å². The Bertz CT molecular complexity index is 1070. The molecule has 0 unspecified atom stereocenters. The first-order valence-corrected chi connectivity index (χ1v) is 8.32. The summed E-state index contributed by atoms with van der Waals surface area (Å²) in [6, 6.07) is 13.1. The van der Waals surface area contributed by atoms with Crippen LogP contribution in [-0.4, -0.2) is 13.4 Å². The van der Waals surface area contributed by atoms with Crippen molar-refractivity contribution >= 4 is 21.0 Å². The molecule has 2 aromatic carbocycles. The van der Waals surface area contributed by atoms with Gasteiger partial charge in [0.25, 0.3) is 0 Å². The van der Waals surface area contributed by atoms with Crippen LogP contribution in [-0.2, 0) is 10.1 Å². The fraction of sp³-hybridized carbons (Fsp3) is 0.0588. The first-order chi connectivity index (χ1) is 11.4. The van der Waals surface area contributed by atoms with Crippen molar-refractivity contribution in [2.75, 3.05) is 0 Å². The minimum absolute atomic E-state index is 0.00631. The number of pyridine rings is 1. The van der Waals surface area contributed by atoms with E-state index in [0.717, 1.165) is 11.6 Å². The molecule has 0 spiro atoms. The molecule has 1 heterocycles. The number of nitriles is 1. The first-order valence-electron chi connectivity index (χ1n) is 6.91. The number of benzene rings is 2. The maximum atomic E-state index is 13.6. The van der Waals surface area contributed by atoms with Gasteiger partial charge in [-0.3, -0.25) is 0 Å². The molecule has 0 atom stereocenters. The number of hydrogen-bond donors (Lipinski definition) is 0. The van der Waals surface area contributed by atoms with Gasteiger partial charge < -0.3 is 4.18 Å². The van der Waals surface area contributed by atoms with Crippen molar-refractivity contribution in [3.63, 3.8) is 0 Å². The van der Waals surface area contributed by atoms with Crippen molar-refractivity contribution in [3.05, 3.63) is 65.5 Å². The van der Waals surface area contributed by atoms with Crippen molar-refractivity contribution in [3.8, 4) is 11.9 Å². The molecule has 0 aliphatic carbocycles. The molecule has 1 aromatic heterocycles. The normalized spacial score (nSPS) is 11.2. The third kappa shape index (κ3) is 2.92. The molecule has 120 valence electrons. The van der Waals surface area contributed by atoms with Gasteiger partial charge in [0.15, 0.2) is 0 Å². The lowest BCUT2D eigenvalue weighted by atomic mass is 10.1. The Hall–Kier alpha value is -2.98. The summed E-state index contributed by atoms with van der Waals surface area (Å²) >= 11 is 0. The van der Waals surface area contributed by atoms with E-state index in [1.165, 1.54) is 30.3 Å². The van der Waals surface area contributed by atoms with Gasteiger partial charge in [-0.05, 0) is 37.3 Å². The number of aromatic nitrogens is 1. The fourth-order valence-electron chi connectivity index (χ4n) is 2.18. The monoisotopic (exact) mass is 342 g/mol. The van der Waals surface area contributed by atoms with Crippen LogP contribution in [0.1, 0.15) is 11.1 Å². The van der Waals surface area contributed by atoms with Crippen molar-refractivity contribution in [2.45, 2.75) is 11.8 Å². The Labute approximate surface area is 138 Å². The average Bonchev–Trinajstić information content (AvgIpc) is 2.55. The first kappa shape index (κ1) is 15.9. The predicted octanol–water partition coefficient (Wildman–Crippen LogP) is 3.32. The highest BCUT2D eigenvalue weighted by Gasteiger charge is 2.18. The van der Waals surface area contributed by atoms with Crippen molar-refractivity contribution in [2.24, 2.45) is 0 Å². The van der Waals surface area contributed by atoms with Crippen LogP contribution >= 0.6 is 0 Å². The molecule has 0 bridgehead atoms. The summed E-state index contributed by atoms with van der Waals surface area (Å²) in [5.74, 6) is -0.814. The molecule has 3 rings (SSSR count). The quantitative estimate of drug-likeness (QED) is 0.682. The summed E-state index contributed by atoms with van der Waals surface area (Å²) in [7, 11) is -4.02. The van der Waals surface area contributed by atoms with E-state index in [1.807, 2.05) is 6.92 Å². The lowest BCUT2D eigenvalue weighted by Gasteiger charge is -2.08. The fourth-order valence-corrected chi connectivity index (χ4v) is 3.07. The minimum atomic E-state index is -4.02. The maximum absolute atomic E-state index is 13.6. The van der Waals surface area contributed by atoms with Crippen LogP contribution in [0.2, 0.25) is 0 Å². The number of nitrogens with zero attached hydrogens (tertiary/aromatic N) is 2. The summed E-state index contributed by atoms with van der Waals surface area (Å²) in [5, 5.41) is 9.29. The van der Waals surface area contributed by atoms with Gasteiger partial charge in [-0.1, -0.05) is 17.7 Å². The van der Waals surface area contributed by atoms with Crippen molar-refractivity contribution in [1.82, 2.24) is 4.98 Å². The van der Waals surface area contributed by atoms with Gasteiger partial charge >= 0.3 is 10.1 Å². The summed E-state index contributed by atoms with van der Waals surface area (Å²) in [5.41, 5.74) is 1.04. The maximum Gasteiger partial charge on any atom is 0.340 e. The van der Waals surface area contributed by atoms with Crippen molar-refractivity contribution < 1.29 is 17.0 Å². The molecule has 0 fully saturated rings. The third-order valence-corrected chi connectivity index (χ3v) is 4.65. The second-order valence-electron chi connectivity index (χ2n) is 5.10. The second kappa shape index (κ2) is 5.91. The molecule has 0 radical (unpaired) electrons. The highest BCUT2D eigenvalue weighted by molar-refractivity contribution is 7.87. The van der Waals surface area contributed by atoms with E-state index >= 15 is 0 Å². The van der Waals surface area contributed by atoms with Crippen LogP contribution in [0.4, 0.5) is 4.39 Å². The molecule has 7 heteroatoms. The van der Waals surface area contributed by atoms with Gasteiger partial charge in [0.2, 0.25) is 5.88 Å². The topological polar surface area (TPSA) is 80.0 Å². The van der Waals surface area contributed by atoms with Crippen LogP contribution in [0.25, 0.3) is 10.9 Å². The molecule has 5 nitrogen and oxygen atoms in total. The number of rotatable bonds is 3. The summed E-state index contributed by atoms with van der Waals surface area (Å²) < 4.78 is 43.1. The Kier molecular flexibility index (Phi) is 3.91. The van der Waals surface area contributed by atoms with Crippen LogP contribution in [0.5, 0.6) is 5.88 Å². The van der Waals surface area contributed by atoms with Crippen LogP contribution in [0.15, 0.2) is 53.4 Å². The lowest BCUT2D eigenvalue weighted by molar-refractivity contribution is 0.477. The molecular weight excluding hydrogens is 331 g/mol. The highest BCUT2D eigenvalue weighted by Crippen LogP contribution is 2.24. The summed E-state index contributed by atoms with van der Waals surface area (Å²) in [4.78, 5) is 4.04. The van der Waals surface area contributed by atoms with Gasteiger partial charge in [-0.15, -0.1) is 0 Å². The Balaban J connectivity index is 2.00. The molecule has 3 aromatic rings. The zero-order chi connectivity index (χ0) is 17.3. The number of fused-ring (bicyclic) bond motifs is 1.